The third kappa shape index (κ3) is 5.22. The molecule has 0 aliphatic carbocycles. The topological polar surface area (TPSA) is 61.4 Å². The Balaban J connectivity index is 1.42. The van der Waals surface area contributed by atoms with Crippen molar-refractivity contribution >= 4 is 29.3 Å². The van der Waals surface area contributed by atoms with E-state index >= 15 is 0 Å². The summed E-state index contributed by atoms with van der Waals surface area (Å²) < 4.78 is 0. The van der Waals surface area contributed by atoms with Gasteiger partial charge in [0.15, 0.2) is 0 Å². The summed E-state index contributed by atoms with van der Waals surface area (Å²) in [6.07, 6.45) is 4.14. The number of benzene rings is 1. The van der Waals surface area contributed by atoms with Crippen LogP contribution in [0.5, 0.6) is 0 Å². The predicted octanol–water partition coefficient (Wildman–Crippen LogP) is 2.73. The van der Waals surface area contributed by atoms with Gasteiger partial charge in [-0.1, -0.05) is 25.5 Å². The van der Waals surface area contributed by atoms with Crippen molar-refractivity contribution in [2.24, 2.45) is 5.92 Å². The van der Waals surface area contributed by atoms with E-state index in [2.05, 4.69) is 22.5 Å². The fourth-order valence-corrected chi connectivity index (χ4v) is 4.51. The van der Waals surface area contributed by atoms with Crippen molar-refractivity contribution in [1.29, 1.82) is 0 Å². The van der Waals surface area contributed by atoms with Crippen LogP contribution >= 0.6 is 11.8 Å². The summed E-state index contributed by atoms with van der Waals surface area (Å²) in [7, 11) is 0. The third-order valence-electron chi connectivity index (χ3n) is 4.74. The number of hydrogen-bond acceptors (Lipinski definition) is 4. The number of carbonyl (C=O) groups is 2. The maximum absolute atomic E-state index is 12.2. The van der Waals surface area contributed by atoms with Gasteiger partial charge < -0.3 is 15.5 Å². The minimum Gasteiger partial charge on any atom is -0.356 e. The molecular weight excluding hydrogens is 334 g/mol. The molecule has 2 N–H and O–H groups in total. The van der Waals surface area contributed by atoms with Gasteiger partial charge >= 0.3 is 0 Å². The van der Waals surface area contributed by atoms with Crippen molar-refractivity contribution in [1.82, 2.24) is 10.2 Å². The van der Waals surface area contributed by atoms with Gasteiger partial charge in [-0.3, -0.25) is 9.59 Å². The molecule has 3 rings (SSSR count). The second-order valence-corrected chi connectivity index (χ2v) is 8.31. The lowest BCUT2D eigenvalue weighted by atomic mass is 10.1. The van der Waals surface area contributed by atoms with Gasteiger partial charge in [0.05, 0.1) is 10.9 Å². The Hall–Kier alpha value is -1.53. The molecule has 25 heavy (non-hydrogen) atoms. The van der Waals surface area contributed by atoms with Gasteiger partial charge in [-0.25, -0.2) is 0 Å². The van der Waals surface area contributed by atoms with Gasteiger partial charge in [0.25, 0.3) is 0 Å². The highest BCUT2D eigenvalue weighted by atomic mass is 32.2. The number of thioether (sulfide) groups is 1. The summed E-state index contributed by atoms with van der Waals surface area (Å²) in [5.41, 5.74) is 0.837. The standard InChI is InChI=1S/C19H27N3O2S/c1-14(13-22-9-5-2-6-10-22)12-20-18(23)11-17-19(24)21-15-7-3-4-8-16(15)25-17/h3-4,7-8,14,17H,2,5-6,9-13H2,1H3,(H,20,23)(H,21,24). The van der Waals surface area contributed by atoms with E-state index in [0.717, 1.165) is 17.1 Å². The summed E-state index contributed by atoms with van der Waals surface area (Å²) in [5.74, 6) is 0.299. The first kappa shape index (κ1) is 18.3. The van der Waals surface area contributed by atoms with Crippen molar-refractivity contribution < 1.29 is 9.59 Å². The molecule has 1 aromatic carbocycles. The largest absolute Gasteiger partial charge is 0.356 e. The molecule has 0 spiro atoms. The SMILES string of the molecule is CC(CNC(=O)CC1Sc2ccccc2NC1=O)CN1CCCCC1. The van der Waals surface area contributed by atoms with Crippen molar-refractivity contribution in [2.75, 3.05) is 31.5 Å². The van der Waals surface area contributed by atoms with Gasteiger partial charge in [0, 0.05) is 24.4 Å². The molecule has 0 aromatic heterocycles. The van der Waals surface area contributed by atoms with Crippen molar-refractivity contribution in [3.8, 4) is 0 Å². The molecular formula is C19H27N3O2S. The number of nitrogens with one attached hydrogen (secondary N) is 2. The summed E-state index contributed by atoms with van der Waals surface area (Å²) >= 11 is 1.48. The molecule has 2 atom stereocenters. The molecule has 0 bridgehead atoms. The van der Waals surface area contributed by atoms with Crippen molar-refractivity contribution in [3.05, 3.63) is 24.3 Å². The fraction of sp³-hybridized carbons (Fsp3) is 0.579. The van der Waals surface area contributed by atoms with Crippen molar-refractivity contribution in [2.45, 2.75) is 42.8 Å². The normalized spacial score (nSPS) is 22.0. The highest BCUT2D eigenvalue weighted by Crippen LogP contribution is 2.36. The Bertz CT molecular complexity index is 616. The van der Waals surface area contributed by atoms with Crippen LogP contribution in [0.3, 0.4) is 0 Å². The number of piperidine rings is 1. The van der Waals surface area contributed by atoms with Crippen LogP contribution < -0.4 is 10.6 Å². The average molecular weight is 362 g/mol. The van der Waals surface area contributed by atoms with E-state index in [-0.39, 0.29) is 23.5 Å². The van der Waals surface area contributed by atoms with E-state index in [0.29, 0.717) is 12.5 Å². The summed E-state index contributed by atoms with van der Waals surface area (Å²) in [6.45, 7) is 6.23. The minimum absolute atomic E-state index is 0.0440. The Morgan fingerprint density at radius 2 is 2.08 bits per heavy atom. The molecule has 1 aromatic rings. The van der Waals surface area contributed by atoms with Crippen LogP contribution in [-0.4, -0.2) is 48.1 Å². The van der Waals surface area contributed by atoms with E-state index in [4.69, 9.17) is 0 Å². The summed E-state index contributed by atoms with van der Waals surface area (Å²) in [6, 6.07) is 7.71. The number of nitrogens with zero attached hydrogens (tertiary/aromatic N) is 1. The molecule has 2 aliphatic heterocycles. The monoisotopic (exact) mass is 361 g/mol. The van der Waals surface area contributed by atoms with E-state index in [1.807, 2.05) is 24.3 Å². The number of carbonyl (C=O) groups excluding carboxylic acids is 2. The van der Waals surface area contributed by atoms with Crippen LogP contribution in [0.25, 0.3) is 0 Å². The Kier molecular flexibility index (Phi) is 6.37. The maximum Gasteiger partial charge on any atom is 0.238 e. The zero-order chi connectivity index (χ0) is 17.6. The zero-order valence-electron chi connectivity index (χ0n) is 14.8. The van der Waals surface area contributed by atoms with Crippen LogP contribution in [0.2, 0.25) is 0 Å². The number of amides is 2. The first-order chi connectivity index (χ1) is 12.1. The molecule has 2 unspecified atom stereocenters. The number of likely N-dealkylation sites (tertiary alicyclic amines) is 1. The zero-order valence-corrected chi connectivity index (χ0v) is 15.6. The van der Waals surface area contributed by atoms with Crippen LogP contribution in [0.1, 0.15) is 32.6 Å². The molecule has 5 nitrogen and oxygen atoms in total. The number of hydrogen-bond donors (Lipinski definition) is 2. The molecule has 2 heterocycles. The lowest BCUT2D eigenvalue weighted by molar-refractivity contribution is -0.124. The quantitative estimate of drug-likeness (QED) is 0.818. The van der Waals surface area contributed by atoms with Gasteiger partial charge in [0.2, 0.25) is 11.8 Å². The lowest BCUT2D eigenvalue weighted by Gasteiger charge is -2.29. The summed E-state index contributed by atoms with van der Waals surface area (Å²) in [5, 5.41) is 5.54. The fourth-order valence-electron chi connectivity index (χ4n) is 3.40. The number of fused-ring (bicyclic) bond motifs is 1. The maximum atomic E-state index is 12.2. The van der Waals surface area contributed by atoms with Gasteiger partial charge in [0.1, 0.15) is 0 Å². The molecule has 1 saturated heterocycles. The Morgan fingerprint density at radius 3 is 2.88 bits per heavy atom. The number of rotatable bonds is 6. The smallest absolute Gasteiger partial charge is 0.238 e. The first-order valence-electron chi connectivity index (χ1n) is 9.17. The van der Waals surface area contributed by atoms with E-state index in [1.165, 1.54) is 44.1 Å². The highest BCUT2D eigenvalue weighted by Gasteiger charge is 2.28. The first-order valence-corrected chi connectivity index (χ1v) is 10.1. The van der Waals surface area contributed by atoms with E-state index in [9.17, 15) is 9.59 Å². The van der Waals surface area contributed by atoms with Gasteiger partial charge in [-0.2, -0.15) is 0 Å². The molecule has 2 amide bonds. The van der Waals surface area contributed by atoms with Gasteiger partial charge in [-0.05, 0) is 44.0 Å². The Labute approximate surface area is 153 Å². The highest BCUT2D eigenvalue weighted by molar-refractivity contribution is 8.01. The second kappa shape index (κ2) is 8.72. The molecule has 0 saturated carbocycles. The Morgan fingerprint density at radius 1 is 1.32 bits per heavy atom. The molecule has 1 fully saturated rings. The van der Waals surface area contributed by atoms with Crippen LogP contribution in [-0.2, 0) is 9.59 Å². The van der Waals surface area contributed by atoms with E-state index < -0.39 is 0 Å². The molecule has 2 aliphatic rings. The lowest BCUT2D eigenvalue weighted by Crippen LogP contribution is -2.39. The molecule has 6 heteroatoms. The predicted molar refractivity (Wildman–Crippen MR) is 102 cm³/mol. The average Bonchev–Trinajstić information content (AvgIpc) is 2.61. The van der Waals surface area contributed by atoms with Crippen LogP contribution in [0.4, 0.5) is 5.69 Å². The molecule has 136 valence electrons. The van der Waals surface area contributed by atoms with E-state index in [1.54, 1.807) is 0 Å². The third-order valence-corrected chi connectivity index (χ3v) is 6.02. The molecule has 0 radical (unpaired) electrons. The van der Waals surface area contributed by atoms with Crippen molar-refractivity contribution in [3.63, 3.8) is 0 Å². The number of para-hydroxylation sites is 1. The number of anilines is 1. The minimum atomic E-state index is -0.354. The van der Waals surface area contributed by atoms with Crippen LogP contribution in [0.15, 0.2) is 29.2 Å². The summed E-state index contributed by atoms with van der Waals surface area (Å²) in [4.78, 5) is 27.9. The second-order valence-electron chi connectivity index (χ2n) is 7.07. The van der Waals surface area contributed by atoms with Crippen LogP contribution in [0, 0.1) is 5.92 Å². The van der Waals surface area contributed by atoms with Gasteiger partial charge in [-0.15, -0.1) is 11.8 Å².